The summed E-state index contributed by atoms with van der Waals surface area (Å²) in [7, 11) is 0. The Bertz CT molecular complexity index is 521. The molecule has 1 aliphatic heterocycles. The van der Waals surface area contributed by atoms with Gasteiger partial charge in [-0.2, -0.15) is 0 Å². The Morgan fingerprint density at radius 2 is 2.26 bits per heavy atom. The molecule has 2 N–H and O–H groups in total. The molecule has 2 rings (SSSR count). The molecule has 4 nitrogen and oxygen atoms in total. The molecule has 0 aromatic heterocycles. The van der Waals surface area contributed by atoms with E-state index in [-0.39, 0.29) is 6.04 Å². The molecule has 2 unspecified atom stereocenters. The molecular weight excluding hydrogens is 286 g/mol. The Morgan fingerprint density at radius 3 is 2.95 bits per heavy atom. The smallest absolute Gasteiger partial charge is 0.315 e. The molecule has 19 heavy (non-hydrogen) atoms. The number of hydrogen-bond donors (Lipinski definition) is 2. The average molecular weight is 300 g/mol. The van der Waals surface area contributed by atoms with E-state index in [0.717, 1.165) is 22.6 Å². The van der Waals surface area contributed by atoms with E-state index in [0.29, 0.717) is 5.02 Å². The molecule has 2 atom stereocenters. The fourth-order valence-corrected chi connectivity index (χ4v) is 3.21. The fourth-order valence-electron chi connectivity index (χ4n) is 1.92. The minimum atomic E-state index is -1.12. The van der Waals surface area contributed by atoms with Gasteiger partial charge in [-0.1, -0.05) is 11.6 Å². The van der Waals surface area contributed by atoms with Gasteiger partial charge in [0.25, 0.3) is 0 Å². The molecular formula is C13H14ClNO3S. The van der Waals surface area contributed by atoms with Crippen LogP contribution in [0.2, 0.25) is 5.02 Å². The van der Waals surface area contributed by atoms with Gasteiger partial charge in [-0.25, -0.2) is 0 Å². The first-order chi connectivity index (χ1) is 8.99. The van der Waals surface area contributed by atoms with Gasteiger partial charge in [0, 0.05) is 15.7 Å². The van der Waals surface area contributed by atoms with Crippen molar-refractivity contribution >= 4 is 35.2 Å². The number of benzene rings is 1. The largest absolute Gasteiger partial charge is 0.481 e. The first-order valence-corrected chi connectivity index (χ1v) is 7.31. The number of nitrogens with one attached hydrogen (secondary N) is 1. The van der Waals surface area contributed by atoms with E-state index in [4.69, 9.17) is 16.7 Å². The maximum absolute atomic E-state index is 11.8. The normalized spacial score (nSPS) is 19.4. The van der Waals surface area contributed by atoms with Crippen molar-refractivity contribution in [3.8, 4) is 0 Å². The summed E-state index contributed by atoms with van der Waals surface area (Å²) >= 11 is 7.69. The monoisotopic (exact) mass is 299 g/mol. The molecule has 0 fully saturated rings. The van der Waals surface area contributed by atoms with Crippen molar-refractivity contribution in [2.45, 2.75) is 24.3 Å². The molecule has 1 amide bonds. The van der Waals surface area contributed by atoms with Gasteiger partial charge in [-0.3, -0.25) is 9.59 Å². The molecule has 0 bridgehead atoms. The summed E-state index contributed by atoms with van der Waals surface area (Å²) < 4.78 is 0. The van der Waals surface area contributed by atoms with Gasteiger partial charge in [0.15, 0.2) is 0 Å². The van der Waals surface area contributed by atoms with Crippen LogP contribution in [0.4, 0.5) is 0 Å². The number of fused-ring (bicyclic) bond motifs is 1. The van der Waals surface area contributed by atoms with Gasteiger partial charge >= 0.3 is 5.97 Å². The summed E-state index contributed by atoms with van der Waals surface area (Å²) in [4.78, 5) is 23.7. The molecule has 1 heterocycles. The molecule has 0 spiro atoms. The van der Waals surface area contributed by atoms with Crippen molar-refractivity contribution in [2.75, 3.05) is 5.75 Å². The second kappa shape index (κ2) is 5.84. The third-order valence-corrected chi connectivity index (χ3v) is 4.45. The van der Waals surface area contributed by atoms with Crippen molar-refractivity contribution in [2.24, 2.45) is 5.92 Å². The number of rotatable bonds is 3. The number of thioether (sulfide) groups is 1. The highest BCUT2D eigenvalue weighted by Gasteiger charge is 2.27. The van der Waals surface area contributed by atoms with Crippen LogP contribution < -0.4 is 5.32 Å². The lowest BCUT2D eigenvalue weighted by Crippen LogP contribution is -2.37. The first-order valence-electron chi connectivity index (χ1n) is 5.94. The highest BCUT2D eigenvalue weighted by atomic mass is 35.5. The maximum Gasteiger partial charge on any atom is 0.315 e. The van der Waals surface area contributed by atoms with Crippen molar-refractivity contribution in [3.05, 3.63) is 28.8 Å². The number of amides is 1. The Labute approximate surface area is 120 Å². The number of aliphatic carboxylic acids is 1. The highest BCUT2D eigenvalue weighted by molar-refractivity contribution is 7.99. The van der Waals surface area contributed by atoms with Crippen LogP contribution in [0.25, 0.3) is 0 Å². The predicted octanol–water partition coefficient (Wildman–Crippen LogP) is 2.71. The van der Waals surface area contributed by atoms with E-state index in [1.807, 2.05) is 18.2 Å². The number of carbonyl (C=O) groups excluding carboxylic acids is 1. The molecule has 1 aliphatic rings. The van der Waals surface area contributed by atoms with E-state index in [1.165, 1.54) is 6.92 Å². The van der Waals surface area contributed by atoms with E-state index in [2.05, 4.69) is 5.32 Å². The van der Waals surface area contributed by atoms with Gasteiger partial charge in [0.1, 0.15) is 5.92 Å². The minimum absolute atomic E-state index is 0.163. The second-order valence-corrected chi connectivity index (χ2v) is 6.01. The van der Waals surface area contributed by atoms with Gasteiger partial charge in [-0.05, 0) is 37.1 Å². The summed E-state index contributed by atoms with van der Waals surface area (Å²) in [6.07, 6.45) is 0.774. The zero-order chi connectivity index (χ0) is 14.0. The molecule has 0 radical (unpaired) electrons. The number of carboxylic acids is 1. The Balaban J connectivity index is 2.17. The third-order valence-electron chi connectivity index (χ3n) is 3.09. The molecule has 0 saturated carbocycles. The SMILES string of the molecule is CC(C(=O)O)C(=O)NC1CCSc2ccc(Cl)cc21. The number of carboxylic acid groups (broad SMARTS) is 1. The summed E-state index contributed by atoms with van der Waals surface area (Å²) in [5, 5.41) is 12.2. The van der Waals surface area contributed by atoms with Crippen LogP contribution in [0, 0.1) is 5.92 Å². The zero-order valence-electron chi connectivity index (χ0n) is 10.4. The second-order valence-electron chi connectivity index (χ2n) is 4.44. The lowest BCUT2D eigenvalue weighted by Gasteiger charge is -2.26. The highest BCUT2D eigenvalue weighted by Crippen LogP contribution is 2.37. The molecule has 0 aliphatic carbocycles. The summed E-state index contributed by atoms with van der Waals surface area (Å²) in [5.41, 5.74) is 0.967. The lowest BCUT2D eigenvalue weighted by atomic mass is 10.0. The molecule has 1 aromatic rings. The molecule has 1 aromatic carbocycles. The van der Waals surface area contributed by atoms with Crippen LogP contribution >= 0.6 is 23.4 Å². The number of halogens is 1. The quantitative estimate of drug-likeness (QED) is 0.842. The van der Waals surface area contributed by atoms with Crippen LogP contribution in [-0.4, -0.2) is 22.7 Å². The number of carbonyl (C=O) groups is 2. The molecule has 0 saturated heterocycles. The van der Waals surface area contributed by atoms with Gasteiger partial charge in [0.05, 0.1) is 6.04 Å². The van der Waals surface area contributed by atoms with Crippen LogP contribution in [0.5, 0.6) is 0 Å². The van der Waals surface area contributed by atoms with Crippen molar-refractivity contribution in [1.82, 2.24) is 5.32 Å². The summed E-state index contributed by atoms with van der Waals surface area (Å²) in [6.45, 7) is 1.38. The average Bonchev–Trinajstić information content (AvgIpc) is 2.38. The molecule has 102 valence electrons. The van der Waals surface area contributed by atoms with E-state index < -0.39 is 17.8 Å². The zero-order valence-corrected chi connectivity index (χ0v) is 11.9. The van der Waals surface area contributed by atoms with Gasteiger partial charge < -0.3 is 10.4 Å². The predicted molar refractivity (Wildman–Crippen MR) is 74.5 cm³/mol. The first kappa shape index (κ1) is 14.2. The molecule has 6 heteroatoms. The van der Waals surface area contributed by atoms with E-state index in [1.54, 1.807) is 11.8 Å². The number of hydrogen-bond acceptors (Lipinski definition) is 3. The van der Waals surface area contributed by atoms with Crippen LogP contribution in [0.3, 0.4) is 0 Å². The van der Waals surface area contributed by atoms with Crippen molar-refractivity contribution in [1.29, 1.82) is 0 Å². The van der Waals surface area contributed by atoms with Crippen LogP contribution in [-0.2, 0) is 9.59 Å². The Morgan fingerprint density at radius 1 is 1.53 bits per heavy atom. The fraction of sp³-hybridized carbons (Fsp3) is 0.385. The van der Waals surface area contributed by atoms with Crippen LogP contribution in [0.1, 0.15) is 24.9 Å². The summed E-state index contributed by atoms with van der Waals surface area (Å²) in [5.74, 6) is -1.73. The third kappa shape index (κ3) is 3.22. The van der Waals surface area contributed by atoms with Crippen molar-refractivity contribution < 1.29 is 14.7 Å². The van der Waals surface area contributed by atoms with E-state index >= 15 is 0 Å². The van der Waals surface area contributed by atoms with Gasteiger partial charge in [0.2, 0.25) is 5.91 Å². The standard InChI is InChI=1S/C13H14ClNO3S/c1-7(13(17)18)12(16)15-10-4-5-19-11-3-2-8(14)6-9(10)11/h2-3,6-7,10H,4-5H2,1H3,(H,15,16)(H,17,18). The Hall–Kier alpha value is -1.20. The van der Waals surface area contributed by atoms with Crippen LogP contribution in [0.15, 0.2) is 23.1 Å². The minimum Gasteiger partial charge on any atom is -0.481 e. The summed E-state index contributed by atoms with van der Waals surface area (Å²) in [6, 6.07) is 5.42. The Kier molecular flexibility index (Phi) is 4.37. The van der Waals surface area contributed by atoms with Gasteiger partial charge in [-0.15, -0.1) is 11.8 Å². The van der Waals surface area contributed by atoms with E-state index in [9.17, 15) is 9.59 Å². The topological polar surface area (TPSA) is 66.4 Å². The van der Waals surface area contributed by atoms with Crippen molar-refractivity contribution in [3.63, 3.8) is 0 Å². The lowest BCUT2D eigenvalue weighted by molar-refractivity contribution is -0.146. The maximum atomic E-state index is 11.8.